The molecule has 0 unspecified atom stereocenters. The first-order valence-electron chi connectivity index (χ1n) is 13.8. The van der Waals surface area contributed by atoms with Crippen LogP contribution in [0.2, 0.25) is 0 Å². The molecule has 0 amide bonds. The van der Waals surface area contributed by atoms with Crippen LogP contribution in [0.5, 0.6) is 0 Å². The van der Waals surface area contributed by atoms with E-state index in [4.69, 9.17) is 9.47 Å². The van der Waals surface area contributed by atoms with Crippen LogP contribution in [-0.2, 0) is 9.47 Å². The van der Waals surface area contributed by atoms with Gasteiger partial charge in [0.25, 0.3) is 0 Å². The molecule has 4 fully saturated rings. The van der Waals surface area contributed by atoms with Crippen LogP contribution < -0.4 is 0 Å². The van der Waals surface area contributed by atoms with Crippen LogP contribution >= 0.6 is 0 Å². The minimum absolute atomic E-state index is 0.168. The van der Waals surface area contributed by atoms with E-state index in [-0.39, 0.29) is 17.6 Å². The fourth-order valence-electron chi connectivity index (χ4n) is 7.62. The zero-order valence-corrected chi connectivity index (χ0v) is 20.4. The van der Waals surface area contributed by atoms with E-state index in [1.54, 1.807) is 0 Å². The van der Waals surface area contributed by atoms with Gasteiger partial charge in [-0.15, -0.1) is 0 Å². The lowest BCUT2D eigenvalue weighted by Gasteiger charge is -2.41. The molecule has 1 saturated heterocycles. The highest BCUT2D eigenvalue weighted by Gasteiger charge is 2.42. The zero-order valence-electron chi connectivity index (χ0n) is 20.4. The molecule has 1 spiro atoms. The molecule has 1 aromatic carbocycles. The Bertz CT molecular complexity index is 777. The first-order chi connectivity index (χ1) is 16.1. The molecule has 3 saturated carbocycles. The molecule has 2 nitrogen and oxygen atoms in total. The fraction of sp³-hybridized carbons (Fsp3) is 0.793. The summed E-state index contributed by atoms with van der Waals surface area (Å²) in [5.41, 5.74) is 1.26. The minimum Gasteiger partial charge on any atom is -0.348 e. The van der Waals surface area contributed by atoms with E-state index in [2.05, 4.69) is 6.92 Å². The molecule has 0 bridgehead atoms. The molecule has 1 aliphatic heterocycles. The summed E-state index contributed by atoms with van der Waals surface area (Å²) in [6.45, 7) is 3.70. The lowest BCUT2D eigenvalue weighted by molar-refractivity contribution is -0.185. The highest BCUT2D eigenvalue weighted by Crippen LogP contribution is 2.47. The van der Waals surface area contributed by atoms with Gasteiger partial charge in [-0.2, -0.15) is 0 Å². The summed E-state index contributed by atoms with van der Waals surface area (Å²) in [5, 5.41) is 0. The Morgan fingerprint density at radius 1 is 0.727 bits per heavy atom. The molecule has 0 radical (unpaired) electrons. The summed E-state index contributed by atoms with van der Waals surface area (Å²) in [6.07, 6.45) is 15.4. The van der Waals surface area contributed by atoms with E-state index in [1.807, 2.05) is 12.1 Å². The van der Waals surface area contributed by atoms with Gasteiger partial charge in [0.15, 0.2) is 17.4 Å². The number of rotatable bonds is 5. The molecule has 1 heterocycles. The van der Waals surface area contributed by atoms with Crippen molar-refractivity contribution in [2.75, 3.05) is 13.2 Å². The number of benzene rings is 1. The molecule has 4 aliphatic rings. The van der Waals surface area contributed by atoms with Gasteiger partial charge in [0.2, 0.25) is 0 Å². The van der Waals surface area contributed by atoms with Crippen molar-refractivity contribution in [3.63, 3.8) is 0 Å². The highest BCUT2D eigenvalue weighted by molar-refractivity contribution is 5.32. The van der Waals surface area contributed by atoms with Crippen molar-refractivity contribution in [1.29, 1.82) is 0 Å². The Morgan fingerprint density at radius 2 is 1.21 bits per heavy atom. The van der Waals surface area contributed by atoms with Crippen LogP contribution in [0, 0.1) is 29.4 Å². The molecule has 1 aromatic rings. The average molecular weight is 461 g/mol. The standard InChI is InChI=1S/C29H42F2O2/c1-2-3-20-4-6-23(7-5-20)25-12-13-26(28(31)27(25)30)24-10-8-21(9-11-24)22-14-16-29(17-15-22)32-18-19-33-29/h12-13,20-24H,2-11,14-19H2,1H3. The van der Waals surface area contributed by atoms with Crippen molar-refractivity contribution in [1.82, 2.24) is 0 Å². The van der Waals surface area contributed by atoms with Gasteiger partial charge in [0.05, 0.1) is 13.2 Å². The number of hydrogen-bond donors (Lipinski definition) is 0. The molecule has 0 N–H and O–H groups in total. The quantitative estimate of drug-likeness (QED) is 0.440. The third-order valence-corrected chi connectivity index (χ3v) is 9.61. The van der Waals surface area contributed by atoms with Crippen molar-refractivity contribution in [3.05, 3.63) is 34.9 Å². The summed E-state index contributed by atoms with van der Waals surface area (Å²) in [6, 6.07) is 3.85. The van der Waals surface area contributed by atoms with Crippen LogP contribution in [-0.4, -0.2) is 19.0 Å². The Hall–Kier alpha value is -1.00. The van der Waals surface area contributed by atoms with Gasteiger partial charge in [0, 0.05) is 12.8 Å². The van der Waals surface area contributed by atoms with Crippen molar-refractivity contribution in [2.45, 2.75) is 114 Å². The normalized spacial score (nSPS) is 32.9. The maximum absolute atomic E-state index is 15.2. The van der Waals surface area contributed by atoms with Gasteiger partial charge < -0.3 is 9.47 Å². The van der Waals surface area contributed by atoms with Crippen LogP contribution in [0.1, 0.15) is 120 Å². The van der Waals surface area contributed by atoms with Crippen molar-refractivity contribution in [2.24, 2.45) is 17.8 Å². The number of hydrogen-bond acceptors (Lipinski definition) is 2. The van der Waals surface area contributed by atoms with Crippen molar-refractivity contribution >= 4 is 0 Å². The maximum atomic E-state index is 15.2. The van der Waals surface area contributed by atoms with E-state index in [9.17, 15) is 0 Å². The summed E-state index contributed by atoms with van der Waals surface area (Å²) in [5.74, 6) is 1.19. The topological polar surface area (TPSA) is 18.5 Å². The molecule has 0 atom stereocenters. The average Bonchev–Trinajstić information content (AvgIpc) is 3.30. The van der Waals surface area contributed by atoms with Gasteiger partial charge in [-0.05, 0) is 105 Å². The molecule has 4 heteroatoms. The van der Waals surface area contributed by atoms with Gasteiger partial charge in [0.1, 0.15) is 0 Å². The highest BCUT2D eigenvalue weighted by atomic mass is 19.2. The van der Waals surface area contributed by atoms with Crippen LogP contribution in [0.4, 0.5) is 8.78 Å². The maximum Gasteiger partial charge on any atom is 0.168 e. The van der Waals surface area contributed by atoms with E-state index < -0.39 is 11.6 Å². The van der Waals surface area contributed by atoms with Crippen molar-refractivity contribution < 1.29 is 18.3 Å². The fourth-order valence-corrected chi connectivity index (χ4v) is 7.62. The summed E-state index contributed by atoms with van der Waals surface area (Å²) in [7, 11) is 0. The Morgan fingerprint density at radius 3 is 1.73 bits per heavy atom. The second-order valence-corrected chi connectivity index (χ2v) is 11.4. The SMILES string of the molecule is CCCC1CCC(c2ccc(C3CCC(C4CCC5(CC4)OCCO5)CC3)c(F)c2F)CC1. The van der Waals surface area contributed by atoms with Crippen LogP contribution in [0.3, 0.4) is 0 Å². The Kier molecular flexibility index (Phi) is 7.42. The third kappa shape index (κ3) is 5.03. The van der Waals surface area contributed by atoms with E-state index in [1.165, 1.54) is 25.7 Å². The Balaban J connectivity index is 1.16. The second kappa shape index (κ2) is 10.3. The van der Waals surface area contributed by atoms with E-state index in [0.717, 1.165) is 89.3 Å². The monoisotopic (exact) mass is 460 g/mol. The smallest absolute Gasteiger partial charge is 0.168 e. The van der Waals surface area contributed by atoms with Gasteiger partial charge in [-0.25, -0.2) is 8.78 Å². The summed E-state index contributed by atoms with van der Waals surface area (Å²) >= 11 is 0. The van der Waals surface area contributed by atoms with Crippen LogP contribution in [0.15, 0.2) is 12.1 Å². The summed E-state index contributed by atoms with van der Waals surface area (Å²) < 4.78 is 42.2. The van der Waals surface area contributed by atoms with E-state index in [0.29, 0.717) is 17.0 Å². The molecule has 0 aromatic heterocycles. The molecular formula is C29H42F2O2. The predicted molar refractivity (Wildman–Crippen MR) is 127 cm³/mol. The van der Waals surface area contributed by atoms with Gasteiger partial charge in [-0.1, -0.05) is 31.9 Å². The van der Waals surface area contributed by atoms with Gasteiger partial charge >= 0.3 is 0 Å². The lowest BCUT2D eigenvalue weighted by Crippen LogP contribution is -2.37. The first-order valence-corrected chi connectivity index (χ1v) is 13.8. The third-order valence-electron chi connectivity index (χ3n) is 9.61. The van der Waals surface area contributed by atoms with Gasteiger partial charge in [-0.3, -0.25) is 0 Å². The largest absolute Gasteiger partial charge is 0.348 e. The number of halogens is 2. The predicted octanol–water partition coefficient (Wildman–Crippen LogP) is 8.25. The Labute approximate surface area is 198 Å². The minimum atomic E-state index is -0.554. The van der Waals surface area contributed by atoms with Crippen molar-refractivity contribution in [3.8, 4) is 0 Å². The summed E-state index contributed by atoms with van der Waals surface area (Å²) in [4.78, 5) is 0. The molecule has 184 valence electrons. The molecular weight excluding hydrogens is 418 g/mol. The van der Waals surface area contributed by atoms with Crippen LogP contribution in [0.25, 0.3) is 0 Å². The van der Waals surface area contributed by atoms with E-state index >= 15 is 8.78 Å². The first kappa shape index (κ1) is 23.7. The molecule has 3 aliphatic carbocycles. The second-order valence-electron chi connectivity index (χ2n) is 11.4. The lowest BCUT2D eigenvalue weighted by atomic mass is 9.69. The zero-order chi connectivity index (χ0) is 22.8. The molecule has 5 rings (SSSR count). The molecule has 33 heavy (non-hydrogen) atoms. The number of ether oxygens (including phenoxy) is 2.